The van der Waals surface area contributed by atoms with Gasteiger partial charge in [-0.2, -0.15) is 0 Å². The molecular formula is C14H30N4O. The maximum absolute atomic E-state index is 5.53. The van der Waals surface area contributed by atoms with Gasteiger partial charge < -0.3 is 10.1 Å². The second kappa shape index (κ2) is 9.15. The lowest BCUT2D eigenvalue weighted by atomic mass is 9.93. The molecule has 0 bridgehead atoms. The van der Waals surface area contributed by atoms with Gasteiger partial charge in [0.15, 0.2) is 0 Å². The molecule has 1 saturated carbocycles. The van der Waals surface area contributed by atoms with Crippen molar-refractivity contribution in [3.8, 4) is 0 Å². The highest BCUT2D eigenvalue weighted by Gasteiger charge is 2.31. The Hall–Kier alpha value is -0.810. The van der Waals surface area contributed by atoms with Crippen LogP contribution in [-0.4, -0.2) is 31.8 Å². The maximum Gasteiger partial charge on any atom is 0.205 e. The van der Waals surface area contributed by atoms with Crippen molar-refractivity contribution in [2.45, 2.75) is 52.5 Å². The zero-order chi connectivity index (χ0) is 14.1. The average Bonchev–Trinajstić information content (AvgIpc) is 2.77. The van der Waals surface area contributed by atoms with E-state index in [-0.39, 0.29) is 0 Å². The van der Waals surface area contributed by atoms with Crippen LogP contribution in [0, 0.1) is 11.8 Å². The van der Waals surface area contributed by atoms with E-state index in [1.165, 1.54) is 19.3 Å². The van der Waals surface area contributed by atoms with Gasteiger partial charge in [-0.15, -0.1) is 0 Å². The van der Waals surface area contributed by atoms with E-state index in [0.717, 1.165) is 32.1 Å². The predicted molar refractivity (Wildman–Crippen MR) is 79.8 cm³/mol. The van der Waals surface area contributed by atoms with Crippen molar-refractivity contribution in [2.24, 2.45) is 22.7 Å². The Bertz CT molecular complexity index is 270. The van der Waals surface area contributed by atoms with Crippen LogP contribution in [-0.2, 0) is 4.74 Å². The number of hydrogen-bond donors (Lipinski definition) is 3. The summed E-state index contributed by atoms with van der Waals surface area (Å²) in [6.45, 7) is 8.86. The summed E-state index contributed by atoms with van der Waals surface area (Å²) in [6, 6.07) is 0.492. The molecule has 0 spiro atoms. The minimum Gasteiger partial charge on any atom is -0.382 e. The number of aliphatic imine (C=N–C) groups is 1. The van der Waals surface area contributed by atoms with Crippen LogP contribution in [0.5, 0.6) is 0 Å². The summed E-state index contributed by atoms with van der Waals surface area (Å²) in [5.41, 5.74) is 2.67. The van der Waals surface area contributed by atoms with E-state index in [9.17, 15) is 0 Å². The van der Waals surface area contributed by atoms with Gasteiger partial charge in [-0.25, -0.2) is 5.84 Å². The van der Waals surface area contributed by atoms with E-state index in [0.29, 0.717) is 17.9 Å². The van der Waals surface area contributed by atoms with Crippen LogP contribution in [0.25, 0.3) is 0 Å². The van der Waals surface area contributed by atoms with Crippen LogP contribution >= 0.6 is 0 Å². The van der Waals surface area contributed by atoms with Crippen LogP contribution in [0.15, 0.2) is 4.99 Å². The first-order chi connectivity index (χ1) is 9.22. The number of ether oxygens (including phenoxy) is 1. The van der Waals surface area contributed by atoms with Gasteiger partial charge in [-0.1, -0.05) is 20.3 Å². The Balaban J connectivity index is 2.33. The molecule has 5 heteroatoms. The number of hydrogen-bond acceptors (Lipinski definition) is 3. The summed E-state index contributed by atoms with van der Waals surface area (Å²) in [6.07, 6.45) is 4.70. The number of nitrogens with one attached hydrogen (secondary N) is 2. The minimum atomic E-state index is 0.492. The number of guanidine groups is 1. The highest BCUT2D eigenvalue weighted by atomic mass is 16.5. The second-order valence-corrected chi connectivity index (χ2v) is 5.28. The van der Waals surface area contributed by atoms with Crippen LogP contribution in [0.4, 0.5) is 0 Å². The molecule has 19 heavy (non-hydrogen) atoms. The molecule has 5 nitrogen and oxygen atoms in total. The fourth-order valence-electron chi connectivity index (χ4n) is 2.84. The lowest BCUT2D eigenvalue weighted by Crippen LogP contribution is -2.47. The Morgan fingerprint density at radius 2 is 2.16 bits per heavy atom. The van der Waals surface area contributed by atoms with Gasteiger partial charge in [0, 0.05) is 25.8 Å². The van der Waals surface area contributed by atoms with Crippen molar-refractivity contribution in [3.05, 3.63) is 0 Å². The van der Waals surface area contributed by atoms with E-state index in [1.807, 2.05) is 6.92 Å². The van der Waals surface area contributed by atoms with Crippen LogP contribution < -0.4 is 16.6 Å². The first kappa shape index (κ1) is 16.2. The van der Waals surface area contributed by atoms with Crippen LogP contribution in [0.3, 0.4) is 0 Å². The van der Waals surface area contributed by atoms with Crippen LogP contribution in [0.1, 0.15) is 46.5 Å². The zero-order valence-electron chi connectivity index (χ0n) is 12.6. The first-order valence-electron chi connectivity index (χ1n) is 7.58. The molecule has 0 aliphatic heterocycles. The summed E-state index contributed by atoms with van der Waals surface area (Å²) in [5.74, 6) is 7.76. The lowest BCUT2D eigenvalue weighted by molar-refractivity contribution is 0.146. The Labute approximate surface area is 117 Å². The summed E-state index contributed by atoms with van der Waals surface area (Å²) in [4.78, 5) is 4.45. The number of rotatable bonds is 7. The molecule has 112 valence electrons. The third-order valence-electron chi connectivity index (χ3n) is 4.13. The standard InChI is InChI=1S/C14H30N4O/c1-4-12-7-8-13(11(12)3)17-14(18-15)16-9-6-10-19-5-2/h11-13H,4-10,15H2,1-3H3,(H2,16,17,18). The van der Waals surface area contributed by atoms with Crippen molar-refractivity contribution in [2.75, 3.05) is 19.8 Å². The number of nitrogens with two attached hydrogens (primary N) is 1. The molecule has 0 radical (unpaired) electrons. The fraction of sp³-hybridized carbons (Fsp3) is 0.929. The SMILES string of the molecule is CCOCCCN=C(NN)NC1CCC(CC)C1C. The van der Waals surface area contributed by atoms with Crippen LogP contribution in [0.2, 0.25) is 0 Å². The first-order valence-corrected chi connectivity index (χ1v) is 7.58. The van der Waals surface area contributed by atoms with Crippen molar-refractivity contribution < 1.29 is 4.74 Å². The maximum atomic E-state index is 5.53. The molecule has 1 rings (SSSR count). The van der Waals surface area contributed by atoms with Gasteiger partial charge in [0.25, 0.3) is 0 Å². The molecule has 4 N–H and O–H groups in total. The van der Waals surface area contributed by atoms with Crippen molar-refractivity contribution in [1.29, 1.82) is 0 Å². The number of nitrogens with zero attached hydrogens (tertiary/aromatic N) is 1. The zero-order valence-corrected chi connectivity index (χ0v) is 12.6. The van der Waals surface area contributed by atoms with Gasteiger partial charge in [0.2, 0.25) is 5.96 Å². The molecule has 0 aromatic carbocycles. The van der Waals surface area contributed by atoms with E-state index in [1.54, 1.807) is 0 Å². The van der Waals surface area contributed by atoms with Gasteiger partial charge in [-0.05, 0) is 38.0 Å². The topological polar surface area (TPSA) is 71.7 Å². The molecule has 0 saturated heterocycles. The Morgan fingerprint density at radius 1 is 1.37 bits per heavy atom. The number of hydrazine groups is 1. The average molecular weight is 270 g/mol. The fourth-order valence-corrected chi connectivity index (χ4v) is 2.84. The molecule has 1 aliphatic rings. The summed E-state index contributed by atoms with van der Waals surface area (Å²) in [5, 5.41) is 3.44. The van der Waals surface area contributed by atoms with E-state index in [4.69, 9.17) is 10.6 Å². The van der Waals surface area contributed by atoms with Crippen molar-refractivity contribution in [1.82, 2.24) is 10.7 Å². The van der Waals surface area contributed by atoms with Crippen molar-refractivity contribution >= 4 is 5.96 Å². The molecule has 1 aliphatic carbocycles. The molecule has 0 heterocycles. The third kappa shape index (κ3) is 5.37. The normalized spacial score (nSPS) is 27.6. The highest BCUT2D eigenvalue weighted by Crippen LogP contribution is 2.33. The molecule has 0 amide bonds. The Morgan fingerprint density at radius 3 is 2.74 bits per heavy atom. The molecule has 3 atom stereocenters. The van der Waals surface area contributed by atoms with E-state index in [2.05, 4.69) is 29.6 Å². The van der Waals surface area contributed by atoms with Gasteiger partial charge in [0.1, 0.15) is 0 Å². The molecule has 0 aromatic rings. The third-order valence-corrected chi connectivity index (χ3v) is 4.13. The quantitative estimate of drug-likeness (QED) is 0.216. The largest absolute Gasteiger partial charge is 0.382 e. The highest BCUT2D eigenvalue weighted by molar-refractivity contribution is 5.79. The molecule has 0 aromatic heterocycles. The summed E-state index contributed by atoms with van der Waals surface area (Å²) in [7, 11) is 0. The summed E-state index contributed by atoms with van der Waals surface area (Å²) >= 11 is 0. The predicted octanol–water partition coefficient (Wildman–Crippen LogP) is 1.65. The van der Waals surface area contributed by atoms with E-state index < -0.39 is 0 Å². The second-order valence-electron chi connectivity index (χ2n) is 5.28. The molecule has 3 unspecified atom stereocenters. The van der Waals surface area contributed by atoms with Gasteiger partial charge in [-0.3, -0.25) is 10.4 Å². The smallest absolute Gasteiger partial charge is 0.205 e. The van der Waals surface area contributed by atoms with Gasteiger partial charge in [0.05, 0.1) is 0 Å². The molecular weight excluding hydrogens is 240 g/mol. The molecule has 1 fully saturated rings. The van der Waals surface area contributed by atoms with Crippen molar-refractivity contribution in [3.63, 3.8) is 0 Å². The summed E-state index contributed by atoms with van der Waals surface area (Å²) < 4.78 is 5.29. The minimum absolute atomic E-state index is 0.492. The lowest BCUT2D eigenvalue weighted by Gasteiger charge is -2.22. The van der Waals surface area contributed by atoms with Gasteiger partial charge >= 0.3 is 0 Å². The monoisotopic (exact) mass is 270 g/mol. The van der Waals surface area contributed by atoms with E-state index >= 15 is 0 Å². The Kier molecular flexibility index (Phi) is 7.82.